The third-order valence-electron chi connectivity index (χ3n) is 5.85. The lowest BCUT2D eigenvalue weighted by atomic mass is 9.77. The number of hydrogen-bond acceptors (Lipinski definition) is 6. The molecule has 0 aliphatic carbocycles. The molecule has 0 radical (unpaired) electrons. The number of carbonyl (C=O) groups excluding carboxylic acids is 1. The van der Waals surface area contributed by atoms with Crippen molar-refractivity contribution in [2.45, 2.75) is 31.3 Å². The molecule has 0 unspecified atom stereocenters. The van der Waals surface area contributed by atoms with E-state index in [4.69, 9.17) is 4.63 Å². The number of hydrogen-bond donors (Lipinski definition) is 1. The van der Waals surface area contributed by atoms with Crippen LogP contribution in [0.15, 0.2) is 22.8 Å². The van der Waals surface area contributed by atoms with Gasteiger partial charge in [-0.25, -0.2) is 4.63 Å². The molecule has 2 saturated heterocycles. The third-order valence-corrected chi connectivity index (χ3v) is 5.85. The van der Waals surface area contributed by atoms with E-state index in [1.165, 1.54) is 0 Å². The summed E-state index contributed by atoms with van der Waals surface area (Å²) in [6.07, 6.45) is 1.44. The average Bonchev–Trinajstić information content (AvgIpc) is 3.17. The van der Waals surface area contributed by atoms with E-state index in [2.05, 4.69) is 15.2 Å². The fraction of sp³-hybridized carbons (Fsp3) is 0.529. The summed E-state index contributed by atoms with van der Waals surface area (Å²) in [6.45, 7) is 2.18. The van der Waals surface area contributed by atoms with Gasteiger partial charge in [0.1, 0.15) is 11.0 Å². The summed E-state index contributed by atoms with van der Waals surface area (Å²) in [6, 6.07) is 5.79. The SMILES string of the molecule is CN1C(=O)C[C@@H](C(=O)O)C12CCN(Cc1cccc3nonc13)CC2. The molecule has 8 heteroatoms. The average molecular weight is 344 g/mol. The van der Waals surface area contributed by atoms with Crippen LogP contribution in [0, 0.1) is 5.92 Å². The minimum absolute atomic E-state index is 0.0701. The van der Waals surface area contributed by atoms with Gasteiger partial charge in [-0.1, -0.05) is 12.1 Å². The number of benzene rings is 1. The van der Waals surface area contributed by atoms with E-state index in [1.807, 2.05) is 18.2 Å². The summed E-state index contributed by atoms with van der Waals surface area (Å²) in [4.78, 5) is 27.7. The number of carboxylic acid groups (broad SMARTS) is 1. The van der Waals surface area contributed by atoms with Crippen molar-refractivity contribution >= 4 is 22.9 Å². The Kier molecular flexibility index (Phi) is 3.72. The fourth-order valence-corrected chi connectivity index (χ4v) is 4.31. The highest BCUT2D eigenvalue weighted by Crippen LogP contribution is 2.43. The molecule has 1 aromatic heterocycles. The lowest BCUT2D eigenvalue weighted by Crippen LogP contribution is -2.55. The quantitative estimate of drug-likeness (QED) is 0.890. The molecule has 25 heavy (non-hydrogen) atoms. The second-order valence-electron chi connectivity index (χ2n) is 6.98. The van der Waals surface area contributed by atoms with Crippen molar-refractivity contribution in [3.05, 3.63) is 23.8 Å². The van der Waals surface area contributed by atoms with Gasteiger partial charge in [-0.2, -0.15) is 0 Å². The smallest absolute Gasteiger partial charge is 0.309 e. The van der Waals surface area contributed by atoms with Gasteiger partial charge in [0.2, 0.25) is 5.91 Å². The molecule has 2 aliphatic rings. The number of amides is 1. The van der Waals surface area contributed by atoms with Gasteiger partial charge in [0.15, 0.2) is 0 Å². The molecule has 1 aromatic carbocycles. The Hall–Kier alpha value is -2.48. The van der Waals surface area contributed by atoms with Gasteiger partial charge in [-0.05, 0) is 34.8 Å². The Bertz CT molecular complexity index is 825. The van der Waals surface area contributed by atoms with Gasteiger partial charge >= 0.3 is 5.97 Å². The second kappa shape index (κ2) is 5.80. The van der Waals surface area contributed by atoms with Crippen molar-refractivity contribution in [1.82, 2.24) is 20.1 Å². The predicted octanol–water partition coefficient (Wildman–Crippen LogP) is 1.12. The summed E-state index contributed by atoms with van der Waals surface area (Å²) in [5, 5.41) is 17.4. The first-order valence-electron chi connectivity index (χ1n) is 8.43. The van der Waals surface area contributed by atoms with Crippen molar-refractivity contribution in [2.75, 3.05) is 20.1 Å². The van der Waals surface area contributed by atoms with Crippen LogP contribution in [0.25, 0.3) is 11.0 Å². The number of aliphatic carboxylic acids is 1. The molecule has 2 aromatic rings. The van der Waals surface area contributed by atoms with E-state index in [1.54, 1.807) is 11.9 Å². The molecule has 1 amide bonds. The zero-order valence-corrected chi connectivity index (χ0v) is 14.0. The first-order valence-corrected chi connectivity index (χ1v) is 8.43. The molecule has 8 nitrogen and oxygen atoms in total. The van der Waals surface area contributed by atoms with E-state index < -0.39 is 17.4 Å². The Labute approximate surface area is 144 Å². The molecular formula is C17H20N4O4. The Balaban J connectivity index is 1.50. The highest BCUT2D eigenvalue weighted by molar-refractivity contribution is 5.88. The second-order valence-corrected chi connectivity index (χ2v) is 6.98. The fourth-order valence-electron chi connectivity index (χ4n) is 4.31. The molecule has 132 valence electrons. The van der Waals surface area contributed by atoms with Crippen molar-refractivity contribution in [3.63, 3.8) is 0 Å². The first kappa shape index (κ1) is 16.0. The topological polar surface area (TPSA) is 99.8 Å². The monoisotopic (exact) mass is 344 g/mol. The number of rotatable bonds is 3. The number of aromatic nitrogens is 2. The summed E-state index contributed by atoms with van der Waals surface area (Å²) < 4.78 is 4.81. The van der Waals surface area contributed by atoms with E-state index in [0.29, 0.717) is 19.4 Å². The molecule has 0 bridgehead atoms. The van der Waals surface area contributed by atoms with Crippen LogP contribution < -0.4 is 0 Å². The maximum atomic E-state index is 12.1. The van der Waals surface area contributed by atoms with Gasteiger partial charge in [0, 0.05) is 33.1 Å². The molecule has 2 fully saturated rings. The minimum atomic E-state index is -0.871. The number of likely N-dealkylation sites (tertiary alicyclic amines) is 2. The summed E-state index contributed by atoms with van der Waals surface area (Å²) in [7, 11) is 1.74. The highest BCUT2D eigenvalue weighted by atomic mass is 16.6. The Morgan fingerprint density at radius 1 is 1.36 bits per heavy atom. The zero-order chi connectivity index (χ0) is 17.6. The molecule has 1 N–H and O–H groups in total. The van der Waals surface area contributed by atoms with E-state index in [9.17, 15) is 14.7 Å². The lowest BCUT2D eigenvalue weighted by Gasteiger charge is -2.45. The van der Waals surface area contributed by atoms with E-state index in [-0.39, 0.29) is 12.3 Å². The van der Waals surface area contributed by atoms with Crippen molar-refractivity contribution in [1.29, 1.82) is 0 Å². The van der Waals surface area contributed by atoms with Crippen LogP contribution in [0.3, 0.4) is 0 Å². The van der Waals surface area contributed by atoms with Crippen LogP contribution in [0.4, 0.5) is 0 Å². The minimum Gasteiger partial charge on any atom is -0.481 e. The van der Waals surface area contributed by atoms with Crippen molar-refractivity contribution < 1.29 is 19.3 Å². The molecule has 4 rings (SSSR count). The Morgan fingerprint density at radius 2 is 2.12 bits per heavy atom. The lowest BCUT2D eigenvalue weighted by molar-refractivity contribution is -0.146. The standard InChI is InChI=1S/C17H20N4O4/c1-20-14(22)9-12(16(23)24)17(20)5-7-21(8-6-17)10-11-3-2-4-13-15(11)19-25-18-13/h2-4,12H,5-10H2,1H3,(H,23,24)/t12-/m0/s1. The van der Waals surface area contributed by atoms with Crippen LogP contribution in [-0.4, -0.2) is 62.8 Å². The summed E-state index contributed by atoms with van der Waals surface area (Å²) >= 11 is 0. The largest absolute Gasteiger partial charge is 0.481 e. The molecular weight excluding hydrogens is 324 g/mol. The molecule has 3 heterocycles. The normalized spacial score (nSPS) is 23.6. The first-order chi connectivity index (χ1) is 12.0. The highest BCUT2D eigenvalue weighted by Gasteiger charge is 2.55. The number of carbonyl (C=O) groups is 2. The number of nitrogens with zero attached hydrogens (tertiary/aromatic N) is 4. The molecule has 1 atom stereocenters. The number of carboxylic acids is 1. The van der Waals surface area contributed by atoms with Crippen molar-refractivity contribution in [2.24, 2.45) is 5.92 Å². The number of piperidine rings is 1. The third kappa shape index (κ3) is 2.48. The van der Waals surface area contributed by atoms with Gasteiger partial charge in [0.05, 0.1) is 11.5 Å². The van der Waals surface area contributed by atoms with E-state index >= 15 is 0 Å². The summed E-state index contributed by atoms with van der Waals surface area (Å²) in [5.74, 6) is -1.56. The van der Waals surface area contributed by atoms with Crippen LogP contribution in [0.5, 0.6) is 0 Å². The van der Waals surface area contributed by atoms with Crippen molar-refractivity contribution in [3.8, 4) is 0 Å². The Morgan fingerprint density at radius 3 is 2.84 bits per heavy atom. The predicted molar refractivity (Wildman–Crippen MR) is 87.6 cm³/mol. The maximum Gasteiger partial charge on any atom is 0.309 e. The van der Waals surface area contributed by atoms with Crippen LogP contribution in [0.2, 0.25) is 0 Å². The van der Waals surface area contributed by atoms with Gasteiger partial charge < -0.3 is 10.0 Å². The molecule has 1 spiro atoms. The van der Waals surface area contributed by atoms with Crippen LogP contribution in [-0.2, 0) is 16.1 Å². The van der Waals surface area contributed by atoms with Crippen LogP contribution in [0.1, 0.15) is 24.8 Å². The van der Waals surface area contributed by atoms with Crippen LogP contribution >= 0.6 is 0 Å². The zero-order valence-electron chi connectivity index (χ0n) is 14.0. The maximum absolute atomic E-state index is 12.1. The summed E-state index contributed by atoms with van der Waals surface area (Å²) in [5.41, 5.74) is 1.98. The van der Waals surface area contributed by atoms with E-state index in [0.717, 1.165) is 29.7 Å². The van der Waals surface area contributed by atoms with Gasteiger partial charge in [0.25, 0.3) is 0 Å². The molecule has 2 aliphatic heterocycles. The molecule has 0 saturated carbocycles. The number of fused-ring (bicyclic) bond motifs is 1. The van der Waals surface area contributed by atoms with Gasteiger partial charge in [-0.15, -0.1) is 0 Å². The van der Waals surface area contributed by atoms with Gasteiger partial charge in [-0.3, -0.25) is 14.5 Å².